The lowest BCUT2D eigenvalue weighted by Gasteiger charge is -2.31. The maximum absolute atomic E-state index is 3.66. The van der Waals surface area contributed by atoms with Gasteiger partial charge in [0, 0.05) is 6.04 Å². The molecule has 0 amide bonds. The van der Waals surface area contributed by atoms with Gasteiger partial charge in [0.25, 0.3) is 0 Å². The zero-order valence-corrected chi connectivity index (χ0v) is 10.4. The van der Waals surface area contributed by atoms with Crippen molar-refractivity contribution in [3.05, 3.63) is 0 Å². The molecule has 0 spiro atoms. The SMILES string of the molecule is CCN1CCC(NCCCSC)CC1. The van der Waals surface area contributed by atoms with Crippen LogP contribution >= 0.6 is 11.8 Å². The van der Waals surface area contributed by atoms with Crippen LogP contribution in [0.4, 0.5) is 0 Å². The summed E-state index contributed by atoms with van der Waals surface area (Å²) in [5, 5.41) is 3.66. The Kier molecular flexibility index (Phi) is 6.65. The third-order valence-electron chi connectivity index (χ3n) is 2.99. The second-order valence-corrected chi connectivity index (χ2v) is 4.99. The number of piperidine rings is 1. The van der Waals surface area contributed by atoms with Gasteiger partial charge in [-0.1, -0.05) is 6.92 Å². The number of thioether (sulfide) groups is 1. The summed E-state index contributed by atoms with van der Waals surface area (Å²) in [6.45, 7) is 7.26. The minimum atomic E-state index is 0.791. The summed E-state index contributed by atoms with van der Waals surface area (Å²) in [4.78, 5) is 2.54. The summed E-state index contributed by atoms with van der Waals surface area (Å²) >= 11 is 1.94. The fourth-order valence-corrected chi connectivity index (χ4v) is 2.41. The van der Waals surface area contributed by atoms with Crippen LogP contribution in [0.15, 0.2) is 0 Å². The van der Waals surface area contributed by atoms with Crippen LogP contribution in [-0.2, 0) is 0 Å². The van der Waals surface area contributed by atoms with Crippen molar-refractivity contribution in [2.45, 2.75) is 32.2 Å². The number of likely N-dealkylation sites (tertiary alicyclic amines) is 1. The fourth-order valence-electron chi connectivity index (χ4n) is 1.98. The average Bonchev–Trinajstić information content (AvgIpc) is 2.25. The first-order chi connectivity index (χ1) is 6.86. The number of hydrogen-bond donors (Lipinski definition) is 1. The molecule has 0 atom stereocenters. The van der Waals surface area contributed by atoms with Gasteiger partial charge in [-0.3, -0.25) is 0 Å². The highest BCUT2D eigenvalue weighted by atomic mass is 32.2. The second kappa shape index (κ2) is 7.55. The first-order valence-corrected chi connectivity index (χ1v) is 7.21. The van der Waals surface area contributed by atoms with Crippen LogP contribution < -0.4 is 5.32 Å². The molecule has 1 aliphatic heterocycles. The van der Waals surface area contributed by atoms with E-state index in [4.69, 9.17) is 0 Å². The highest BCUT2D eigenvalue weighted by Crippen LogP contribution is 2.09. The molecular formula is C11H24N2S. The van der Waals surface area contributed by atoms with Gasteiger partial charge in [-0.05, 0) is 57.5 Å². The predicted molar refractivity (Wildman–Crippen MR) is 66.1 cm³/mol. The van der Waals surface area contributed by atoms with Gasteiger partial charge in [-0.15, -0.1) is 0 Å². The summed E-state index contributed by atoms with van der Waals surface area (Å²) in [5.74, 6) is 1.29. The molecule has 0 saturated carbocycles. The van der Waals surface area contributed by atoms with E-state index in [1.165, 1.54) is 51.2 Å². The Morgan fingerprint density at radius 2 is 2.07 bits per heavy atom. The molecule has 0 aromatic rings. The molecule has 0 bridgehead atoms. The van der Waals surface area contributed by atoms with Crippen LogP contribution in [0, 0.1) is 0 Å². The lowest BCUT2D eigenvalue weighted by molar-refractivity contribution is 0.207. The minimum Gasteiger partial charge on any atom is -0.314 e. The van der Waals surface area contributed by atoms with Crippen molar-refractivity contribution in [3.8, 4) is 0 Å². The molecule has 3 heteroatoms. The Hall–Kier alpha value is 0.270. The van der Waals surface area contributed by atoms with E-state index in [-0.39, 0.29) is 0 Å². The van der Waals surface area contributed by atoms with Gasteiger partial charge in [0.2, 0.25) is 0 Å². The predicted octanol–water partition coefficient (Wildman–Crippen LogP) is 1.81. The zero-order chi connectivity index (χ0) is 10.2. The largest absolute Gasteiger partial charge is 0.314 e. The third-order valence-corrected chi connectivity index (χ3v) is 3.69. The van der Waals surface area contributed by atoms with Crippen molar-refractivity contribution in [2.75, 3.05) is 38.2 Å². The molecule has 1 saturated heterocycles. The molecule has 0 aliphatic carbocycles. The fraction of sp³-hybridized carbons (Fsp3) is 1.00. The number of nitrogens with one attached hydrogen (secondary N) is 1. The highest BCUT2D eigenvalue weighted by Gasteiger charge is 2.16. The molecule has 1 rings (SSSR count). The quantitative estimate of drug-likeness (QED) is 0.682. The Balaban J connectivity index is 1.98. The first-order valence-electron chi connectivity index (χ1n) is 5.81. The maximum Gasteiger partial charge on any atom is 0.00914 e. The van der Waals surface area contributed by atoms with Crippen LogP contribution in [0.25, 0.3) is 0 Å². The van der Waals surface area contributed by atoms with Gasteiger partial charge < -0.3 is 10.2 Å². The zero-order valence-electron chi connectivity index (χ0n) is 9.59. The van der Waals surface area contributed by atoms with Crippen LogP contribution in [0.1, 0.15) is 26.2 Å². The van der Waals surface area contributed by atoms with Crippen LogP contribution in [0.2, 0.25) is 0 Å². The smallest absolute Gasteiger partial charge is 0.00914 e. The molecule has 84 valence electrons. The Morgan fingerprint density at radius 1 is 1.36 bits per heavy atom. The van der Waals surface area contributed by atoms with Crippen molar-refractivity contribution < 1.29 is 0 Å². The second-order valence-electron chi connectivity index (χ2n) is 4.01. The summed E-state index contributed by atoms with van der Waals surface area (Å²) in [7, 11) is 0. The van der Waals surface area contributed by atoms with Crippen molar-refractivity contribution >= 4 is 11.8 Å². The van der Waals surface area contributed by atoms with E-state index < -0.39 is 0 Å². The molecule has 2 nitrogen and oxygen atoms in total. The lowest BCUT2D eigenvalue weighted by atomic mass is 10.1. The molecule has 1 aliphatic rings. The van der Waals surface area contributed by atoms with E-state index in [0.717, 1.165) is 6.04 Å². The van der Waals surface area contributed by atoms with Crippen molar-refractivity contribution in [1.82, 2.24) is 10.2 Å². The number of hydrogen-bond acceptors (Lipinski definition) is 3. The number of nitrogens with zero attached hydrogens (tertiary/aromatic N) is 1. The van der Waals surface area contributed by atoms with Crippen LogP contribution in [0.3, 0.4) is 0 Å². The summed E-state index contributed by atoms with van der Waals surface area (Å²) in [6, 6.07) is 0.791. The molecule has 0 aromatic heterocycles. The van der Waals surface area contributed by atoms with Crippen molar-refractivity contribution in [3.63, 3.8) is 0 Å². The van der Waals surface area contributed by atoms with Gasteiger partial charge in [0.05, 0.1) is 0 Å². The van der Waals surface area contributed by atoms with Crippen molar-refractivity contribution in [2.24, 2.45) is 0 Å². The van der Waals surface area contributed by atoms with Gasteiger partial charge in [-0.2, -0.15) is 11.8 Å². The van der Waals surface area contributed by atoms with Gasteiger partial charge >= 0.3 is 0 Å². The molecule has 0 aromatic carbocycles. The number of rotatable bonds is 6. The average molecular weight is 216 g/mol. The topological polar surface area (TPSA) is 15.3 Å². The Labute approximate surface area is 92.8 Å². The molecule has 1 N–H and O–H groups in total. The van der Waals surface area contributed by atoms with Gasteiger partial charge in [0.15, 0.2) is 0 Å². The van der Waals surface area contributed by atoms with Gasteiger partial charge in [-0.25, -0.2) is 0 Å². The molecule has 14 heavy (non-hydrogen) atoms. The van der Waals surface area contributed by atoms with Gasteiger partial charge in [0.1, 0.15) is 0 Å². The standard InChI is InChI=1S/C11H24N2S/c1-3-13-8-5-11(6-9-13)12-7-4-10-14-2/h11-12H,3-10H2,1-2H3. The molecule has 1 fully saturated rings. The van der Waals surface area contributed by atoms with Crippen molar-refractivity contribution in [1.29, 1.82) is 0 Å². The molecule has 0 radical (unpaired) electrons. The minimum absolute atomic E-state index is 0.791. The van der Waals surface area contributed by atoms with E-state index in [2.05, 4.69) is 23.4 Å². The van der Waals surface area contributed by atoms with E-state index in [1.54, 1.807) is 0 Å². The van der Waals surface area contributed by atoms with Crippen LogP contribution in [-0.4, -0.2) is 49.1 Å². The van der Waals surface area contributed by atoms with Crippen LogP contribution in [0.5, 0.6) is 0 Å². The van der Waals surface area contributed by atoms with E-state index >= 15 is 0 Å². The van der Waals surface area contributed by atoms with E-state index in [1.807, 2.05) is 11.8 Å². The Morgan fingerprint density at radius 3 is 2.64 bits per heavy atom. The molecule has 0 unspecified atom stereocenters. The Bertz CT molecular complexity index is 133. The third kappa shape index (κ3) is 4.67. The molecule has 1 heterocycles. The maximum atomic E-state index is 3.66. The first kappa shape index (κ1) is 12.3. The lowest BCUT2D eigenvalue weighted by Crippen LogP contribution is -2.42. The highest BCUT2D eigenvalue weighted by molar-refractivity contribution is 7.98. The summed E-state index contributed by atoms with van der Waals surface area (Å²) in [6.07, 6.45) is 6.18. The normalized spacial score (nSPS) is 20.1. The van der Waals surface area contributed by atoms with E-state index in [9.17, 15) is 0 Å². The monoisotopic (exact) mass is 216 g/mol. The summed E-state index contributed by atoms with van der Waals surface area (Å²) in [5.41, 5.74) is 0. The molecular weight excluding hydrogens is 192 g/mol. The van der Waals surface area contributed by atoms with E-state index in [0.29, 0.717) is 0 Å². The summed E-state index contributed by atoms with van der Waals surface area (Å²) < 4.78 is 0.